The second-order valence-electron chi connectivity index (χ2n) is 4.43. The molecule has 1 saturated heterocycles. The lowest BCUT2D eigenvalue weighted by Gasteiger charge is -2.25. The molecule has 0 aliphatic carbocycles. The lowest BCUT2D eigenvalue weighted by atomic mass is 10.0. The normalized spacial score (nSPS) is 15.2. The van der Waals surface area contributed by atoms with E-state index < -0.39 is 0 Å². The van der Waals surface area contributed by atoms with E-state index in [9.17, 15) is 9.18 Å². The van der Waals surface area contributed by atoms with Crippen LogP contribution in [0.25, 0.3) is 0 Å². The van der Waals surface area contributed by atoms with Crippen LogP contribution in [0.5, 0.6) is 0 Å². The summed E-state index contributed by atoms with van der Waals surface area (Å²) in [5.41, 5.74) is 1.39. The Labute approximate surface area is 106 Å². The number of benzene rings is 1. The Morgan fingerprint density at radius 2 is 2.33 bits per heavy atom. The topological polar surface area (TPSA) is 50.4 Å². The van der Waals surface area contributed by atoms with Gasteiger partial charge < -0.3 is 15.4 Å². The Morgan fingerprint density at radius 1 is 1.56 bits per heavy atom. The Morgan fingerprint density at radius 3 is 2.94 bits per heavy atom. The average Bonchev–Trinajstić information content (AvgIpc) is 2.28. The van der Waals surface area contributed by atoms with Crippen LogP contribution < -0.4 is 10.6 Å². The summed E-state index contributed by atoms with van der Waals surface area (Å²) < 4.78 is 18.3. The van der Waals surface area contributed by atoms with Gasteiger partial charge in [-0.2, -0.15) is 0 Å². The van der Waals surface area contributed by atoms with Crippen LogP contribution in [0.15, 0.2) is 18.2 Å². The lowest BCUT2D eigenvalue weighted by Crippen LogP contribution is -2.50. The predicted molar refractivity (Wildman–Crippen MR) is 65.3 cm³/mol. The summed E-state index contributed by atoms with van der Waals surface area (Å²) >= 11 is 0. The molecule has 0 saturated carbocycles. The van der Waals surface area contributed by atoms with E-state index in [0.717, 1.165) is 18.7 Å². The lowest BCUT2D eigenvalue weighted by molar-refractivity contribution is -0.126. The molecule has 2 N–H and O–H groups in total. The van der Waals surface area contributed by atoms with Gasteiger partial charge in [-0.25, -0.2) is 4.39 Å². The summed E-state index contributed by atoms with van der Waals surface area (Å²) in [4.78, 5) is 11.6. The minimum absolute atomic E-state index is 0.0476. The smallest absolute Gasteiger partial charge is 0.225 e. The van der Waals surface area contributed by atoms with Crippen LogP contribution in [0.2, 0.25) is 0 Å². The zero-order chi connectivity index (χ0) is 13.0. The molecule has 5 heteroatoms. The van der Waals surface area contributed by atoms with Crippen molar-refractivity contribution in [2.45, 2.75) is 13.2 Å². The van der Waals surface area contributed by atoms with Gasteiger partial charge in [-0.05, 0) is 17.7 Å². The summed E-state index contributed by atoms with van der Waals surface area (Å²) in [5, 5.41) is 5.89. The fraction of sp³-hybridized carbons (Fsp3) is 0.462. The Bertz CT molecular complexity index is 433. The van der Waals surface area contributed by atoms with E-state index in [2.05, 4.69) is 10.6 Å². The summed E-state index contributed by atoms with van der Waals surface area (Å²) in [6.45, 7) is 2.14. The van der Waals surface area contributed by atoms with Crippen molar-refractivity contribution in [3.8, 4) is 0 Å². The van der Waals surface area contributed by atoms with E-state index in [1.54, 1.807) is 12.1 Å². The third-order valence-corrected chi connectivity index (χ3v) is 3.03. The molecule has 1 aliphatic heterocycles. The van der Waals surface area contributed by atoms with E-state index in [0.29, 0.717) is 12.1 Å². The SMILES string of the molecule is COCc1cc(CNC(=O)C2CNC2)ccc1F. The number of methoxy groups -OCH3 is 1. The minimum atomic E-state index is -0.282. The zero-order valence-electron chi connectivity index (χ0n) is 10.3. The maximum atomic E-state index is 13.4. The number of carbonyl (C=O) groups is 1. The van der Waals surface area contributed by atoms with Gasteiger partial charge in [-0.3, -0.25) is 4.79 Å². The molecule has 0 bridgehead atoms. The fourth-order valence-corrected chi connectivity index (χ4v) is 1.81. The number of rotatable bonds is 5. The standard InChI is InChI=1S/C13H17FN2O2/c1-18-8-10-4-9(2-3-12(10)14)5-16-13(17)11-6-15-7-11/h2-4,11,15H,5-8H2,1H3,(H,16,17). The van der Waals surface area contributed by atoms with Crippen LogP contribution in [0.4, 0.5) is 4.39 Å². The van der Waals surface area contributed by atoms with E-state index in [-0.39, 0.29) is 24.2 Å². The molecule has 0 unspecified atom stereocenters. The quantitative estimate of drug-likeness (QED) is 0.815. The van der Waals surface area contributed by atoms with E-state index in [1.165, 1.54) is 13.2 Å². The molecule has 0 atom stereocenters. The van der Waals surface area contributed by atoms with Crippen molar-refractivity contribution in [3.63, 3.8) is 0 Å². The van der Waals surface area contributed by atoms with Gasteiger partial charge in [0, 0.05) is 32.3 Å². The highest BCUT2D eigenvalue weighted by Crippen LogP contribution is 2.12. The molecule has 1 heterocycles. The monoisotopic (exact) mass is 252 g/mol. The van der Waals surface area contributed by atoms with Crippen molar-refractivity contribution in [1.29, 1.82) is 0 Å². The number of nitrogens with one attached hydrogen (secondary N) is 2. The van der Waals surface area contributed by atoms with Gasteiger partial charge in [-0.1, -0.05) is 6.07 Å². The first kappa shape index (κ1) is 13.0. The third kappa shape index (κ3) is 3.05. The van der Waals surface area contributed by atoms with Crippen molar-refractivity contribution < 1.29 is 13.9 Å². The maximum absolute atomic E-state index is 13.4. The van der Waals surface area contributed by atoms with Crippen molar-refractivity contribution in [3.05, 3.63) is 35.1 Å². The van der Waals surface area contributed by atoms with E-state index in [4.69, 9.17) is 4.74 Å². The first-order chi connectivity index (χ1) is 8.70. The molecule has 18 heavy (non-hydrogen) atoms. The van der Waals surface area contributed by atoms with Gasteiger partial charge >= 0.3 is 0 Å². The Hall–Kier alpha value is -1.46. The van der Waals surface area contributed by atoms with Gasteiger partial charge in [0.25, 0.3) is 0 Å². The molecular weight excluding hydrogens is 235 g/mol. The van der Waals surface area contributed by atoms with Gasteiger partial charge in [0.15, 0.2) is 0 Å². The van der Waals surface area contributed by atoms with Crippen LogP contribution in [0, 0.1) is 11.7 Å². The molecule has 0 aromatic heterocycles. The second-order valence-corrected chi connectivity index (χ2v) is 4.43. The molecule has 98 valence electrons. The van der Waals surface area contributed by atoms with Gasteiger partial charge in [0.2, 0.25) is 5.91 Å². The van der Waals surface area contributed by atoms with Crippen molar-refractivity contribution in [2.75, 3.05) is 20.2 Å². The van der Waals surface area contributed by atoms with Gasteiger partial charge in [0.1, 0.15) is 5.82 Å². The molecule has 2 rings (SSSR count). The van der Waals surface area contributed by atoms with Gasteiger partial charge in [-0.15, -0.1) is 0 Å². The zero-order valence-corrected chi connectivity index (χ0v) is 10.3. The fourth-order valence-electron chi connectivity index (χ4n) is 1.81. The van der Waals surface area contributed by atoms with Crippen LogP contribution in [0.1, 0.15) is 11.1 Å². The highest BCUT2D eigenvalue weighted by molar-refractivity contribution is 5.79. The Balaban J connectivity index is 1.92. The summed E-state index contributed by atoms with van der Waals surface area (Å²) in [7, 11) is 1.53. The molecule has 1 aliphatic rings. The average molecular weight is 252 g/mol. The van der Waals surface area contributed by atoms with Crippen molar-refractivity contribution in [1.82, 2.24) is 10.6 Å². The summed E-state index contributed by atoms with van der Waals surface area (Å²) in [6.07, 6.45) is 0. The minimum Gasteiger partial charge on any atom is -0.380 e. The number of carbonyl (C=O) groups excluding carboxylic acids is 1. The molecule has 0 spiro atoms. The molecule has 1 aromatic carbocycles. The first-order valence-corrected chi connectivity index (χ1v) is 5.95. The van der Waals surface area contributed by atoms with Gasteiger partial charge in [0.05, 0.1) is 12.5 Å². The van der Waals surface area contributed by atoms with Crippen molar-refractivity contribution in [2.24, 2.45) is 5.92 Å². The molecule has 1 aromatic rings. The van der Waals surface area contributed by atoms with Crippen molar-refractivity contribution >= 4 is 5.91 Å². The number of ether oxygens (including phenoxy) is 1. The highest BCUT2D eigenvalue weighted by Gasteiger charge is 2.24. The van der Waals surface area contributed by atoms with Crippen LogP contribution in [-0.2, 0) is 22.7 Å². The molecule has 1 amide bonds. The number of hydrogen-bond donors (Lipinski definition) is 2. The van der Waals surface area contributed by atoms with Crippen LogP contribution >= 0.6 is 0 Å². The van der Waals surface area contributed by atoms with Crippen LogP contribution in [-0.4, -0.2) is 26.1 Å². The van der Waals surface area contributed by atoms with Crippen LogP contribution in [0.3, 0.4) is 0 Å². The second kappa shape index (κ2) is 5.93. The number of amides is 1. The van der Waals surface area contributed by atoms with E-state index in [1.807, 2.05) is 0 Å². The first-order valence-electron chi connectivity index (χ1n) is 5.95. The summed E-state index contributed by atoms with van der Waals surface area (Å²) in [5.74, 6) is -0.162. The molecular formula is C13H17FN2O2. The number of halogens is 1. The predicted octanol–water partition coefficient (Wildman–Crippen LogP) is 0.808. The highest BCUT2D eigenvalue weighted by atomic mass is 19.1. The molecule has 4 nitrogen and oxygen atoms in total. The molecule has 0 radical (unpaired) electrons. The summed E-state index contributed by atoms with van der Waals surface area (Å²) in [6, 6.07) is 4.80. The maximum Gasteiger partial charge on any atom is 0.225 e. The third-order valence-electron chi connectivity index (χ3n) is 3.03. The molecule has 1 fully saturated rings. The number of hydrogen-bond acceptors (Lipinski definition) is 3. The Kier molecular flexibility index (Phi) is 4.28. The van der Waals surface area contributed by atoms with E-state index >= 15 is 0 Å². The largest absolute Gasteiger partial charge is 0.380 e.